The van der Waals surface area contributed by atoms with E-state index in [0.717, 1.165) is 5.69 Å². The summed E-state index contributed by atoms with van der Waals surface area (Å²) in [6.45, 7) is 4.33. The molecule has 0 saturated heterocycles. The number of anilines is 1. The van der Waals surface area contributed by atoms with Gasteiger partial charge in [0.2, 0.25) is 0 Å². The molecule has 0 spiro atoms. The third-order valence-corrected chi connectivity index (χ3v) is 3.02. The maximum absolute atomic E-state index is 11.8. The SMILES string of the molecule is Cc1ccc(NCc2nc3nc(C)cc(=O)n3[nH]2)cc1.Cl. The molecule has 2 aromatic heterocycles. The van der Waals surface area contributed by atoms with Crippen molar-refractivity contribution >= 4 is 23.9 Å². The van der Waals surface area contributed by atoms with Gasteiger partial charge in [0.1, 0.15) is 5.82 Å². The molecule has 6 nitrogen and oxygen atoms in total. The van der Waals surface area contributed by atoms with Crippen LogP contribution in [0.25, 0.3) is 5.78 Å². The molecule has 0 unspecified atom stereocenters. The number of halogens is 1. The number of hydrogen-bond acceptors (Lipinski definition) is 4. The lowest BCUT2D eigenvalue weighted by molar-refractivity contribution is 0.852. The van der Waals surface area contributed by atoms with Crippen LogP contribution in [-0.4, -0.2) is 19.6 Å². The van der Waals surface area contributed by atoms with Crippen molar-refractivity contribution in [2.24, 2.45) is 0 Å². The fourth-order valence-electron chi connectivity index (χ4n) is 1.97. The van der Waals surface area contributed by atoms with Crippen LogP contribution in [0.5, 0.6) is 0 Å². The van der Waals surface area contributed by atoms with Crippen LogP contribution < -0.4 is 10.9 Å². The van der Waals surface area contributed by atoms with Gasteiger partial charge in [-0.05, 0) is 26.0 Å². The zero-order valence-corrected chi connectivity index (χ0v) is 12.6. The van der Waals surface area contributed by atoms with Gasteiger partial charge < -0.3 is 5.32 Å². The van der Waals surface area contributed by atoms with Crippen molar-refractivity contribution in [3.8, 4) is 0 Å². The minimum Gasteiger partial charge on any atom is -0.378 e. The molecule has 0 aliphatic heterocycles. The first-order chi connectivity index (χ1) is 9.61. The molecule has 2 heterocycles. The van der Waals surface area contributed by atoms with Gasteiger partial charge in [-0.3, -0.25) is 9.89 Å². The lowest BCUT2D eigenvalue weighted by atomic mass is 10.2. The summed E-state index contributed by atoms with van der Waals surface area (Å²) < 4.78 is 1.35. The number of hydrogen-bond donors (Lipinski definition) is 2. The lowest BCUT2D eigenvalue weighted by Crippen LogP contribution is -2.14. The van der Waals surface area contributed by atoms with E-state index >= 15 is 0 Å². The number of rotatable bonds is 3. The van der Waals surface area contributed by atoms with Gasteiger partial charge in [0.15, 0.2) is 0 Å². The standard InChI is InChI=1S/C14H15N5O.ClH/c1-9-3-5-11(6-4-9)15-8-12-17-14-16-10(2)7-13(20)19(14)18-12;/h3-7,15H,8H2,1-2H3,(H,16,17,18);1H. The van der Waals surface area contributed by atoms with Crippen molar-refractivity contribution in [3.63, 3.8) is 0 Å². The molecule has 3 aromatic rings. The quantitative estimate of drug-likeness (QED) is 0.777. The van der Waals surface area contributed by atoms with E-state index in [1.54, 1.807) is 6.92 Å². The third-order valence-electron chi connectivity index (χ3n) is 3.02. The Kier molecular flexibility index (Phi) is 4.28. The van der Waals surface area contributed by atoms with Crippen molar-refractivity contribution in [2.45, 2.75) is 20.4 Å². The summed E-state index contributed by atoms with van der Waals surface area (Å²) in [5, 5.41) is 6.19. The van der Waals surface area contributed by atoms with Gasteiger partial charge >= 0.3 is 0 Å². The van der Waals surface area contributed by atoms with Crippen LogP contribution in [-0.2, 0) is 6.54 Å². The molecule has 0 fully saturated rings. The van der Waals surface area contributed by atoms with E-state index in [2.05, 4.69) is 20.4 Å². The number of aromatic amines is 1. The van der Waals surface area contributed by atoms with Gasteiger partial charge in [-0.25, -0.2) is 4.98 Å². The summed E-state index contributed by atoms with van der Waals surface area (Å²) in [5.41, 5.74) is 2.74. The van der Waals surface area contributed by atoms with Crippen LogP contribution in [0.2, 0.25) is 0 Å². The average Bonchev–Trinajstić information content (AvgIpc) is 2.81. The highest BCUT2D eigenvalue weighted by Gasteiger charge is 2.06. The van der Waals surface area contributed by atoms with E-state index in [0.29, 0.717) is 23.8 Å². The highest BCUT2D eigenvalue weighted by atomic mass is 35.5. The van der Waals surface area contributed by atoms with Crippen LogP contribution in [0.4, 0.5) is 5.69 Å². The van der Waals surface area contributed by atoms with E-state index in [9.17, 15) is 4.79 Å². The second-order valence-corrected chi connectivity index (χ2v) is 4.76. The molecule has 110 valence electrons. The van der Waals surface area contributed by atoms with Crippen molar-refractivity contribution in [3.05, 3.63) is 57.8 Å². The van der Waals surface area contributed by atoms with Crippen LogP contribution in [0.3, 0.4) is 0 Å². The third kappa shape index (κ3) is 3.22. The Labute approximate surface area is 127 Å². The Hall–Kier alpha value is -2.34. The average molecular weight is 306 g/mol. The number of H-pyrrole nitrogens is 1. The van der Waals surface area contributed by atoms with Gasteiger partial charge in [0, 0.05) is 17.4 Å². The highest BCUT2D eigenvalue weighted by molar-refractivity contribution is 5.85. The molecule has 0 saturated carbocycles. The zero-order chi connectivity index (χ0) is 14.1. The van der Waals surface area contributed by atoms with Crippen molar-refractivity contribution in [1.29, 1.82) is 0 Å². The predicted octanol–water partition coefficient (Wildman–Crippen LogP) is 2.07. The van der Waals surface area contributed by atoms with E-state index in [1.165, 1.54) is 16.1 Å². The van der Waals surface area contributed by atoms with E-state index in [-0.39, 0.29) is 18.0 Å². The fraction of sp³-hybridized carbons (Fsp3) is 0.214. The van der Waals surface area contributed by atoms with Crippen molar-refractivity contribution < 1.29 is 0 Å². The molecule has 3 rings (SSSR count). The topological polar surface area (TPSA) is 75.1 Å². The van der Waals surface area contributed by atoms with Gasteiger partial charge in [-0.1, -0.05) is 17.7 Å². The second-order valence-electron chi connectivity index (χ2n) is 4.76. The Morgan fingerprint density at radius 1 is 1.19 bits per heavy atom. The smallest absolute Gasteiger partial charge is 0.274 e. The van der Waals surface area contributed by atoms with Gasteiger partial charge in [0.25, 0.3) is 11.3 Å². The molecule has 0 amide bonds. The predicted molar refractivity (Wildman–Crippen MR) is 84.1 cm³/mol. The molecule has 0 atom stereocenters. The summed E-state index contributed by atoms with van der Waals surface area (Å²) in [7, 11) is 0. The molecule has 0 aliphatic rings. The van der Waals surface area contributed by atoms with Crippen LogP contribution >= 0.6 is 12.4 Å². The summed E-state index contributed by atoms with van der Waals surface area (Å²) >= 11 is 0. The monoisotopic (exact) mass is 305 g/mol. The largest absolute Gasteiger partial charge is 0.378 e. The number of aromatic nitrogens is 4. The molecule has 7 heteroatoms. The first-order valence-electron chi connectivity index (χ1n) is 6.38. The summed E-state index contributed by atoms with van der Waals surface area (Å²) in [6, 6.07) is 9.56. The molecule has 0 radical (unpaired) electrons. The first kappa shape index (κ1) is 15.1. The highest BCUT2D eigenvalue weighted by Crippen LogP contribution is 2.09. The van der Waals surface area contributed by atoms with Crippen molar-refractivity contribution in [2.75, 3.05) is 5.32 Å². The molecule has 0 aliphatic carbocycles. The molecule has 0 bridgehead atoms. The Bertz CT molecular complexity index is 806. The Morgan fingerprint density at radius 3 is 2.62 bits per heavy atom. The fourth-order valence-corrected chi connectivity index (χ4v) is 1.97. The second kappa shape index (κ2) is 5.97. The van der Waals surface area contributed by atoms with E-state index in [4.69, 9.17) is 0 Å². The summed E-state index contributed by atoms with van der Waals surface area (Å²) in [4.78, 5) is 20.3. The number of fused-ring (bicyclic) bond motifs is 1. The van der Waals surface area contributed by atoms with E-state index < -0.39 is 0 Å². The van der Waals surface area contributed by atoms with Crippen LogP contribution in [0, 0.1) is 13.8 Å². The minimum atomic E-state index is -0.151. The number of aryl methyl sites for hydroxylation is 2. The van der Waals surface area contributed by atoms with Crippen LogP contribution in [0.15, 0.2) is 35.1 Å². The number of benzene rings is 1. The molecular weight excluding hydrogens is 290 g/mol. The first-order valence-corrected chi connectivity index (χ1v) is 6.38. The molecule has 1 aromatic carbocycles. The summed E-state index contributed by atoms with van der Waals surface area (Å²) in [6.07, 6.45) is 0. The van der Waals surface area contributed by atoms with E-state index in [1.807, 2.05) is 31.2 Å². The lowest BCUT2D eigenvalue weighted by Gasteiger charge is -2.03. The van der Waals surface area contributed by atoms with Gasteiger partial charge in [-0.15, -0.1) is 12.4 Å². The summed E-state index contributed by atoms with van der Waals surface area (Å²) in [5.74, 6) is 1.07. The normalized spacial score (nSPS) is 10.4. The Balaban J connectivity index is 0.00000161. The van der Waals surface area contributed by atoms with Gasteiger partial charge in [0.05, 0.1) is 6.54 Å². The maximum atomic E-state index is 11.8. The number of nitrogens with one attached hydrogen (secondary N) is 2. The molecule has 2 N–H and O–H groups in total. The maximum Gasteiger partial charge on any atom is 0.274 e. The molecular formula is C14H16ClN5O. The van der Waals surface area contributed by atoms with Crippen LogP contribution in [0.1, 0.15) is 17.1 Å². The zero-order valence-electron chi connectivity index (χ0n) is 11.8. The van der Waals surface area contributed by atoms with Gasteiger partial charge in [-0.2, -0.15) is 9.50 Å². The molecule has 21 heavy (non-hydrogen) atoms. The number of nitrogens with zero attached hydrogens (tertiary/aromatic N) is 3. The Morgan fingerprint density at radius 2 is 1.90 bits per heavy atom. The van der Waals surface area contributed by atoms with Crippen molar-refractivity contribution in [1.82, 2.24) is 19.6 Å². The minimum absolute atomic E-state index is 0.